The Hall–Kier alpha value is -1.67. The third kappa shape index (κ3) is 5.77. The van der Waals surface area contributed by atoms with Gasteiger partial charge in [0.25, 0.3) is 0 Å². The summed E-state index contributed by atoms with van der Waals surface area (Å²) in [6.45, 7) is 9.55. The predicted molar refractivity (Wildman–Crippen MR) is 127 cm³/mol. The number of nitrogens with zero attached hydrogens (tertiary/aromatic N) is 2. The first-order chi connectivity index (χ1) is 14.7. The molecule has 1 saturated heterocycles. The fraction of sp³-hybridized carbons (Fsp3) is 0.435. The molecule has 2 heterocycles. The zero-order valence-electron chi connectivity index (χ0n) is 18.0. The molecular weight excluding hydrogens is 452 g/mol. The van der Waals surface area contributed by atoms with Gasteiger partial charge in [0.2, 0.25) is 15.9 Å². The molecule has 0 unspecified atom stereocenters. The Kier molecular flexibility index (Phi) is 7.97. The molecule has 168 valence electrons. The molecule has 1 aliphatic heterocycles. The summed E-state index contributed by atoms with van der Waals surface area (Å²) in [6.07, 6.45) is 2.75. The summed E-state index contributed by atoms with van der Waals surface area (Å²) in [7, 11) is -3.55. The van der Waals surface area contributed by atoms with Gasteiger partial charge in [0.05, 0.1) is 15.8 Å². The van der Waals surface area contributed by atoms with Gasteiger partial charge in [-0.25, -0.2) is 8.42 Å². The summed E-state index contributed by atoms with van der Waals surface area (Å²) in [5.41, 5.74) is 1.11. The van der Waals surface area contributed by atoms with E-state index in [1.54, 1.807) is 23.1 Å². The number of carbonyl (C=O) groups excluding carboxylic acids is 1. The minimum Gasteiger partial charge on any atom is -0.334 e. The van der Waals surface area contributed by atoms with Crippen LogP contribution in [0.2, 0.25) is 4.34 Å². The van der Waals surface area contributed by atoms with Gasteiger partial charge in [-0.2, -0.15) is 4.31 Å². The van der Waals surface area contributed by atoms with Crippen molar-refractivity contribution < 1.29 is 13.2 Å². The van der Waals surface area contributed by atoms with Crippen LogP contribution >= 0.6 is 22.9 Å². The van der Waals surface area contributed by atoms with Crippen molar-refractivity contribution in [2.45, 2.75) is 44.0 Å². The zero-order valence-corrected chi connectivity index (χ0v) is 20.3. The topological polar surface area (TPSA) is 57.7 Å². The molecule has 1 aromatic heterocycles. The first-order valence-electron chi connectivity index (χ1n) is 10.5. The third-order valence-corrected chi connectivity index (χ3v) is 8.75. The molecule has 0 N–H and O–H groups in total. The SMILES string of the molecule is C=CCN(Cc1ccc(Cl)s1)C(=O)C1CCN(S(=O)(=O)c2ccc(C(C)C)cc2)CC1. The van der Waals surface area contributed by atoms with Crippen LogP contribution in [0.15, 0.2) is 53.9 Å². The lowest BCUT2D eigenvalue weighted by molar-refractivity contribution is -0.136. The maximum atomic E-state index is 13.1. The number of amides is 1. The van der Waals surface area contributed by atoms with E-state index in [4.69, 9.17) is 11.6 Å². The van der Waals surface area contributed by atoms with Gasteiger partial charge in [-0.15, -0.1) is 17.9 Å². The highest BCUT2D eigenvalue weighted by Gasteiger charge is 2.33. The highest BCUT2D eigenvalue weighted by atomic mass is 35.5. The Labute approximate surface area is 194 Å². The van der Waals surface area contributed by atoms with E-state index >= 15 is 0 Å². The molecule has 1 fully saturated rings. The lowest BCUT2D eigenvalue weighted by Crippen LogP contribution is -2.44. The molecule has 5 nitrogen and oxygen atoms in total. The molecule has 3 rings (SSSR count). The minimum atomic E-state index is -3.55. The highest BCUT2D eigenvalue weighted by Crippen LogP contribution is 2.28. The largest absolute Gasteiger partial charge is 0.334 e. The first-order valence-corrected chi connectivity index (χ1v) is 13.1. The van der Waals surface area contributed by atoms with Crippen LogP contribution < -0.4 is 0 Å². The Bertz CT molecular complexity index is 1010. The number of sulfonamides is 1. The summed E-state index contributed by atoms with van der Waals surface area (Å²) in [5.74, 6) is 0.204. The second kappa shape index (κ2) is 10.3. The highest BCUT2D eigenvalue weighted by molar-refractivity contribution is 7.89. The maximum Gasteiger partial charge on any atom is 0.243 e. The molecule has 1 amide bonds. The van der Waals surface area contributed by atoms with Crippen molar-refractivity contribution in [1.82, 2.24) is 9.21 Å². The average Bonchev–Trinajstić information content (AvgIpc) is 3.17. The third-order valence-electron chi connectivity index (χ3n) is 5.62. The van der Waals surface area contributed by atoms with Crippen LogP contribution in [0, 0.1) is 5.92 Å². The van der Waals surface area contributed by atoms with E-state index in [2.05, 4.69) is 20.4 Å². The van der Waals surface area contributed by atoms with Crippen LogP contribution in [0.5, 0.6) is 0 Å². The lowest BCUT2D eigenvalue weighted by atomic mass is 9.96. The predicted octanol–water partition coefficient (Wildman–Crippen LogP) is 5.14. The Morgan fingerprint density at radius 3 is 2.39 bits per heavy atom. The second-order valence-corrected chi connectivity index (χ2v) is 11.9. The number of carbonyl (C=O) groups is 1. The molecule has 8 heteroatoms. The van der Waals surface area contributed by atoms with E-state index < -0.39 is 10.0 Å². The summed E-state index contributed by atoms with van der Waals surface area (Å²) in [6, 6.07) is 10.9. The van der Waals surface area contributed by atoms with Crippen molar-refractivity contribution >= 4 is 38.9 Å². The first kappa shape index (κ1) is 24.0. The van der Waals surface area contributed by atoms with Crippen LogP contribution in [-0.4, -0.2) is 43.2 Å². The van der Waals surface area contributed by atoms with Gasteiger partial charge in [-0.1, -0.05) is 43.7 Å². The maximum absolute atomic E-state index is 13.1. The molecule has 2 aromatic rings. The summed E-state index contributed by atoms with van der Waals surface area (Å²) < 4.78 is 28.3. The molecule has 0 spiro atoms. The molecule has 31 heavy (non-hydrogen) atoms. The van der Waals surface area contributed by atoms with Crippen molar-refractivity contribution in [1.29, 1.82) is 0 Å². The molecule has 0 atom stereocenters. The molecule has 0 aliphatic carbocycles. The van der Waals surface area contributed by atoms with E-state index in [1.807, 2.05) is 24.3 Å². The normalized spacial score (nSPS) is 15.9. The number of piperidine rings is 1. The van der Waals surface area contributed by atoms with Crippen molar-refractivity contribution in [2.24, 2.45) is 5.92 Å². The van der Waals surface area contributed by atoms with E-state index in [0.29, 0.717) is 54.2 Å². The number of hydrogen-bond donors (Lipinski definition) is 0. The number of thiophene rings is 1. The van der Waals surface area contributed by atoms with Crippen molar-refractivity contribution in [2.75, 3.05) is 19.6 Å². The Morgan fingerprint density at radius 1 is 1.23 bits per heavy atom. The van der Waals surface area contributed by atoms with Gasteiger partial charge < -0.3 is 4.90 Å². The number of hydrogen-bond acceptors (Lipinski definition) is 4. The van der Waals surface area contributed by atoms with Crippen LogP contribution in [0.25, 0.3) is 0 Å². The molecular formula is C23H29ClN2O3S2. The smallest absolute Gasteiger partial charge is 0.243 e. The summed E-state index contributed by atoms with van der Waals surface area (Å²) in [5, 5.41) is 0. The second-order valence-electron chi connectivity index (χ2n) is 8.12. The van der Waals surface area contributed by atoms with Gasteiger partial charge in [0.15, 0.2) is 0 Å². The number of rotatable bonds is 8. The monoisotopic (exact) mass is 480 g/mol. The standard InChI is InChI=1S/C23H29ClN2O3S2/c1-4-13-25(16-20-7-10-22(24)30-20)23(27)19-11-14-26(15-12-19)31(28,29)21-8-5-18(6-9-21)17(2)3/h4-10,17,19H,1,11-16H2,2-3H3. The average molecular weight is 481 g/mol. The number of halogens is 1. The summed E-state index contributed by atoms with van der Waals surface area (Å²) in [4.78, 5) is 16.2. The quantitative estimate of drug-likeness (QED) is 0.491. The van der Waals surface area contributed by atoms with Crippen molar-refractivity contribution in [3.05, 3.63) is 63.8 Å². The van der Waals surface area contributed by atoms with Gasteiger partial charge in [0.1, 0.15) is 0 Å². The molecule has 0 bridgehead atoms. The minimum absolute atomic E-state index is 0.0442. The molecule has 0 saturated carbocycles. The fourth-order valence-corrected chi connectivity index (χ4v) is 6.36. The van der Waals surface area contributed by atoms with Gasteiger partial charge >= 0.3 is 0 Å². The molecule has 0 radical (unpaired) electrons. The Morgan fingerprint density at radius 2 is 1.87 bits per heavy atom. The Balaban J connectivity index is 1.64. The van der Waals surface area contributed by atoms with E-state index in [1.165, 1.54) is 15.6 Å². The summed E-state index contributed by atoms with van der Waals surface area (Å²) >= 11 is 7.47. The van der Waals surface area contributed by atoms with Crippen LogP contribution in [0.1, 0.15) is 43.0 Å². The lowest BCUT2D eigenvalue weighted by Gasteiger charge is -2.33. The van der Waals surface area contributed by atoms with Crippen LogP contribution in [-0.2, 0) is 21.4 Å². The zero-order chi connectivity index (χ0) is 22.6. The van der Waals surface area contributed by atoms with Crippen LogP contribution in [0.3, 0.4) is 0 Å². The van der Waals surface area contributed by atoms with Gasteiger partial charge in [-0.05, 0) is 48.6 Å². The molecule has 1 aromatic carbocycles. The number of benzene rings is 1. The van der Waals surface area contributed by atoms with Gasteiger partial charge in [0, 0.05) is 30.4 Å². The fourth-order valence-electron chi connectivity index (χ4n) is 3.79. The van der Waals surface area contributed by atoms with Gasteiger partial charge in [-0.3, -0.25) is 4.79 Å². The van der Waals surface area contributed by atoms with E-state index in [-0.39, 0.29) is 11.8 Å². The molecule has 1 aliphatic rings. The van der Waals surface area contributed by atoms with Crippen molar-refractivity contribution in [3.8, 4) is 0 Å². The van der Waals surface area contributed by atoms with Crippen molar-refractivity contribution in [3.63, 3.8) is 0 Å². The van der Waals surface area contributed by atoms with Crippen LogP contribution in [0.4, 0.5) is 0 Å². The van der Waals surface area contributed by atoms with E-state index in [0.717, 1.165) is 10.4 Å². The van der Waals surface area contributed by atoms with E-state index in [9.17, 15) is 13.2 Å².